The number of fused-ring (bicyclic) bond motifs is 1. The van der Waals surface area contributed by atoms with E-state index in [1.807, 2.05) is 4.68 Å². The Kier molecular flexibility index (Phi) is 3.84. The molecule has 3 heterocycles. The molecule has 0 radical (unpaired) electrons. The van der Waals surface area contributed by atoms with Crippen molar-refractivity contribution in [1.82, 2.24) is 14.8 Å². The number of ether oxygens (including phenoxy) is 1. The summed E-state index contributed by atoms with van der Waals surface area (Å²) >= 11 is 3.62. The zero-order valence-corrected chi connectivity index (χ0v) is 13.7. The normalized spacial score (nSPS) is 21.3. The largest absolute Gasteiger partial charge is 0.384 e. The predicted octanol–water partition coefficient (Wildman–Crippen LogP) is 3.45. The Morgan fingerprint density at radius 2 is 2.29 bits per heavy atom. The molecule has 1 atom stereocenters. The molecular weight excluding hydrogens is 337 g/mol. The Balaban J connectivity index is 1.97. The van der Waals surface area contributed by atoms with Crippen LogP contribution in [0, 0.1) is 11.2 Å². The molecule has 0 fully saturated rings. The number of hydrogen-bond acceptors (Lipinski definition) is 3. The van der Waals surface area contributed by atoms with Gasteiger partial charge in [-0.1, -0.05) is 6.92 Å². The van der Waals surface area contributed by atoms with Gasteiger partial charge in [0.15, 0.2) is 0 Å². The van der Waals surface area contributed by atoms with Gasteiger partial charge < -0.3 is 4.74 Å². The highest BCUT2D eigenvalue weighted by atomic mass is 79.9. The first-order chi connectivity index (χ1) is 10.0. The van der Waals surface area contributed by atoms with E-state index in [2.05, 4.69) is 32.9 Å². The van der Waals surface area contributed by atoms with Crippen LogP contribution in [0.3, 0.4) is 0 Å². The lowest BCUT2D eigenvalue weighted by molar-refractivity contribution is 0.0594. The summed E-state index contributed by atoms with van der Waals surface area (Å²) in [6.07, 6.45) is 3.21. The first-order valence-electron chi connectivity index (χ1n) is 6.88. The second-order valence-electron chi connectivity index (χ2n) is 5.87. The minimum Gasteiger partial charge on any atom is -0.384 e. The molecule has 2 aromatic rings. The topological polar surface area (TPSA) is 39.9 Å². The molecule has 112 valence electrons. The van der Waals surface area contributed by atoms with Crippen molar-refractivity contribution in [2.24, 2.45) is 5.41 Å². The van der Waals surface area contributed by atoms with Crippen LogP contribution in [0.1, 0.15) is 19.0 Å². The Labute approximate surface area is 131 Å². The van der Waals surface area contributed by atoms with Gasteiger partial charge in [0.2, 0.25) is 0 Å². The predicted molar refractivity (Wildman–Crippen MR) is 81.4 cm³/mol. The highest BCUT2D eigenvalue weighted by molar-refractivity contribution is 9.10. The average molecular weight is 354 g/mol. The van der Waals surface area contributed by atoms with E-state index in [1.165, 1.54) is 18.0 Å². The van der Waals surface area contributed by atoms with Gasteiger partial charge in [-0.15, -0.1) is 0 Å². The molecule has 1 unspecified atom stereocenters. The van der Waals surface area contributed by atoms with Crippen molar-refractivity contribution < 1.29 is 9.13 Å². The van der Waals surface area contributed by atoms with Crippen molar-refractivity contribution >= 4 is 15.9 Å². The maximum Gasteiger partial charge on any atom is 0.141 e. The maximum atomic E-state index is 13.0. The molecule has 4 nitrogen and oxygen atoms in total. The van der Waals surface area contributed by atoms with Gasteiger partial charge in [-0.3, -0.25) is 9.67 Å². The number of pyridine rings is 1. The minimum atomic E-state index is -0.341. The van der Waals surface area contributed by atoms with Crippen LogP contribution < -0.4 is 0 Å². The monoisotopic (exact) mass is 353 g/mol. The second kappa shape index (κ2) is 5.50. The molecule has 0 spiro atoms. The van der Waals surface area contributed by atoms with Crippen LogP contribution in [-0.4, -0.2) is 28.5 Å². The summed E-state index contributed by atoms with van der Waals surface area (Å²) in [5.41, 5.74) is 2.72. The lowest BCUT2D eigenvalue weighted by Gasteiger charge is -2.33. The third kappa shape index (κ3) is 2.74. The van der Waals surface area contributed by atoms with Crippen molar-refractivity contribution in [3.63, 3.8) is 0 Å². The molecule has 0 aliphatic carbocycles. The van der Waals surface area contributed by atoms with E-state index in [1.54, 1.807) is 13.2 Å². The molecule has 3 rings (SSSR count). The molecule has 2 aromatic heterocycles. The first-order valence-corrected chi connectivity index (χ1v) is 7.68. The van der Waals surface area contributed by atoms with E-state index in [9.17, 15) is 4.39 Å². The summed E-state index contributed by atoms with van der Waals surface area (Å²) in [5, 5.41) is 4.66. The SMILES string of the molecule is COCC1(C)CCc2c(Br)c(-c3ccc(F)cn3)nn2C1. The number of methoxy groups -OCH3 is 1. The van der Waals surface area contributed by atoms with E-state index < -0.39 is 0 Å². The number of hydrogen-bond donors (Lipinski definition) is 0. The maximum absolute atomic E-state index is 13.0. The zero-order chi connectivity index (χ0) is 15.0. The summed E-state index contributed by atoms with van der Waals surface area (Å²) in [6.45, 7) is 3.74. The molecule has 0 saturated carbocycles. The smallest absolute Gasteiger partial charge is 0.141 e. The van der Waals surface area contributed by atoms with Crippen molar-refractivity contribution in [1.29, 1.82) is 0 Å². The van der Waals surface area contributed by atoms with Gasteiger partial charge in [0.25, 0.3) is 0 Å². The Morgan fingerprint density at radius 1 is 1.48 bits per heavy atom. The summed E-state index contributed by atoms with van der Waals surface area (Å²) < 4.78 is 21.3. The number of halogens is 2. The van der Waals surface area contributed by atoms with Gasteiger partial charge in [-0.25, -0.2) is 4.39 Å². The van der Waals surface area contributed by atoms with Gasteiger partial charge in [0.1, 0.15) is 11.5 Å². The summed E-state index contributed by atoms with van der Waals surface area (Å²) in [5.74, 6) is -0.341. The fraction of sp³-hybridized carbons (Fsp3) is 0.467. The van der Waals surface area contributed by atoms with E-state index in [0.29, 0.717) is 12.3 Å². The van der Waals surface area contributed by atoms with Crippen molar-refractivity contribution in [3.05, 3.63) is 34.3 Å². The van der Waals surface area contributed by atoms with E-state index in [-0.39, 0.29) is 11.2 Å². The average Bonchev–Trinajstić information content (AvgIpc) is 2.76. The number of rotatable bonds is 3. The molecular formula is C15H17BrFN3O. The van der Waals surface area contributed by atoms with Crippen LogP contribution in [0.2, 0.25) is 0 Å². The van der Waals surface area contributed by atoms with Gasteiger partial charge >= 0.3 is 0 Å². The highest BCUT2D eigenvalue weighted by Gasteiger charge is 2.33. The lowest BCUT2D eigenvalue weighted by Crippen LogP contribution is -2.34. The van der Waals surface area contributed by atoms with Crippen LogP contribution in [0.15, 0.2) is 22.8 Å². The van der Waals surface area contributed by atoms with E-state index in [4.69, 9.17) is 4.74 Å². The second-order valence-corrected chi connectivity index (χ2v) is 6.67. The number of aromatic nitrogens is 3. The van der Waals surface area contributed by atoms with Gasteiger partial charge in [-0.05, 0) is 40.9 Å². The molecule has 1 aliphatic rings. The third-order valence-corrected chi connectivity index (χ3v) is 4.79. The van der Waals surface area contributed by atoms with Crippen LogP contribution in [0.5, 0.6) is 0 Å². The quantitative estimate of drug-likeness (QED) is 0.848. The molecule has 6 heteroatoms. The van der Waals surface area contributed by atoms with Gasteiger partial charge in [0.05, 0.1) is 28.7 Å². The minimum absolute atomic E-state index is 0.0979. The molecule has 1 aliphatic heterocycles. The first kappa shape index (κ1) is 14.7. The molecule has 0 aromatic carbocycles. The van der Waals surface area contributed by atoms with E-state index in [0.717, 1.165) is 29.6 Å². The van der Waals surface area contributed by atoms with Gasteiger partial charge in [-0.2, -0.15) is 5.10 Å². The summed E-state index contributed by atoms with van der Waals surface area (Å²) in [7, 11) is 1.73. The van der Waals surface area contributed by atoms with Crippen LogP contribution in [0.25, 0.3) is 11.4 Å². The standard InChI is InChI=1S/C15H17BrFN3O/c1-15(9-21-2)6-5-12-13(16)14(19-20(12)8-15)11-4-3-10(17)7-18-11/h3-4,7H,5-6,8-9H2,1-2H3. The third-order valence-electron chi connectivity index (χ3n) is 3.95. The molecule has 21 heavy (non-hydrogen) atoms. The Bertz CT molecular complexity index is 656. The fourth-order valence-electron chi connectivity index (χ4n) is 2.85. The molecule has 0 saturated heterocycles. The van der Waals surface area contributed by atoms with Crippen LogP contribution in [0.4, 0.5) is 4.39 Å². The molecule has 0 amide bonds. The fourth-order valence-corrected chi connectivity index (χ4v) is 3.54. The Hall–Kier alpha value is -1.27. The molecule has 0 bridgehead atoms. The van der Waals surface area contributed by atoms with E-state index >= 15 is 0 Å². The van der Waals surface area contributed by atoms with Gasteiger partial charge in [0, 0.05) is 19.1 Å². The summed E-state index contributed by atoms with van der Waals surface area (Å²) in [6, 6.07) is 3.06. The molecule has 0 N–H and O–H groups in total. The van der Waals surface area contributed by atoms with Crippen molar-refractivity contribution in [3.8, 4) is 11.4 Å². The van der Waals surface area contributed by atoms with Crippen LogP contribution >= 0.6 is 15.9 Å². The van der Waals surface area contributed by atoms with Crippen molar-refractivity contribution in [2.75, 3.05) is 13.7 Å². The highest BCUT2D eigenvalue weighted by Crippen LogP contribution is 2.38. The Morgan fingerprint density at radius 3 is 2.95 bits per heavy atom. The van der Waals surface area contributed by atoms with Crippen molar-refractivity contribution in [2.45, 2.75) is 26.3 Å². The van der Waals surface area contributed by atoms with Crippen LogP contribution in [-0.2, 0) is 17.7 Å². The summed E-state index contributed by atoms with van der Waals surface area (Å²) in [4.78, 5) is 4.12. The lowest BCUT2D eigenvalue weighted by atomic mass is 9.83. The zero-order valence-electron chi connectivity index (χ0n) is 12.1. The number of nitrogens with zero attached hydrogens (tertiary/aromatic N) is 3.